The van der Waals surface area contributed by atoms with Gasteiger partial charge < -0.3 is 14.6 Å². The van der Waals surface area contributed by atoms with Crippen LogP contribution in [-0.2, 0) is 11.3 Å². The number of benzene rings is 2. The third kappa shape index (κ3) is 4.97. The highest BCUT2D eigenvalue weighted by Crippen LogP contribution is 2.22. The van der Waals surface area contributed by atoms with Gasteiger partial charge in [-0.1, -0.05) is 18.5 Å². The summed E-state index contributed by atoms with van der Waals surface area (Å²) >= 11 is 6.02. The second kappa shape index (κ2) is 8.83. The van der Waals surface area contributed by atoms with E-state index >= 15 is 0 Å². The molecule has 0 saturated carbocycles. The summed E-state index contributed by atoms with van der Waals surface area (Å²) in [7, 11) is 0. The average molecular weight is 432 g/mol. The minimum atomic E-state index is -1.20. The minimum absolute atomic E-state index is 0.112. The van der Waals surface area contributed by atoms with Crippen molar-refractivity contribution < 1.29 is 13.9 Å². The van der Waals surface area contributed by atoms with Crippen molar-refractivity contribution in [2.24, 2.45) is 0 Å². The number of hydrogen-bond acceptors (Lipinski definition) is 4. The van der Waals surface area contributed by atoms with Gasteiger partial charge in [0.15, 0.2) is 5.60 Å². The van der Waals surface area contributed by atoms with Crippen LogP contribution in [0.25, 0.3) is 10.9 Å². The Bertz CT molecular complexity index is 1110. The molecule has 0 aliphatic heterocycles. The second-order valence-corrected chi connectivity index (χ2v) is 7.90. The number of halogens is 2. The topological polar surface area (TPSA) is 75.3 Å². The van der Waals surface area contributed by atoms with Gasteiger partial charge in [0.2, 0.25) is 0 Å². The number of aromatic amines is 1. The SMILES string of the molecule is CCCN(Cc1nc2cc(Cl)ccc2c(=O)[nH]1)C(=O)C(C)(C)Oc1ccc(F)cc1. The summed E-state index contributed by atoms with van der Waals surface area (Å²) in [5.74, 6) is 0.0836. The van der Waals surface area contributed by atoms with Crippen LogP contribution in [0.5, 0.6) is 5.75 Å². The molecule has 0 spiro atoms. The molecule has 0 aliphatic carbocycles. The maximum Gasteiger partial charge on any atom is 0.266 e. The first-order valence-electron chi connectivity index (χ1n) is 9.62. The molecular formula is C22H23ClFN3O3. The molecule has 0 aliphatic rings. The Kier molecular flexibility index (Phi) is 6.41. The van der Waals surface area contributed by atoms with Crippen LogP contribution in [0.15, 0.2) is 47.3 Å². The van der Waals surface area contributed by atoms with Crippen molar-refractivity contribution in [3.63, 3.8) is 0 Å². The van der Waals surface area contributed by atoms with Gasteiger partial charge in [-0.15, -0.1) is 0 Å². The van der Waals surface area contributed by atoms with Crippen molar-refractivity contribution in [1.29, 1.82) is 0 Å². The smallest absolute Gasteiger partial charge is 0.266 e. The Morgan fingerprint density at radius 3 is 2.60 bits per heavy atom. The van der Waals surface area contributed by atoms with E-state index in [-0.39, 0.29) is 23.8 Å². The van der Waals surface area contributed by atoms with Gasteiger partial charge in [-0.2, -0.15) is 0 Å². The van der Waals surface area contributed by atoms with Crippen LogP contribution in [0.4, 0.5) is 4.39 Å². The van der Waals surface area contributed by atoms with Gasteiger partial charge in [-0.25, -0.2) is 9.37 Å². The minimum Gasteiger partial charge on any atom is -0.478 e. The Balaban J connectivity index is 1.85. The molecule has 8 heteroatoms. The first-order valence-corrected chi connectivity index (χ1v) is 10.00. The zero-order valence-corrected chi connectivity index (χ0v) is 17.8. The van der Waals surface area contributed by atoms with E-state index in [9.17, 15) is 14.0 Å². The summed E-state index contributed by atoms with van der Waals surface area (Å²) in [6.45, 7) is 5.81. The number of nitrogens with zero attached hydrogens (tertiary/aromatic N) is 2. The van der Waals surface area contributed by atoms with Crippen molar-refractivity contribution >= 4 is 28.4 Å². The van der Waals surface area contributed by atoms with E-state index in [0.29, 0.717) is 40.5 Å². The van der Waals surface area contributed by atoms with Gasteiger partial charge in [0, 0.05) is 11.6 Å². The molecular weight excluding hydrogens is 409 g/mol. The number of ether oxygens (including phenoxy) is 1. The van der Waals surface area contributed by atoms with Crippen LogP contribution < -0.4 is 10.3 Å². The maximum atomic E-state index is 13.2. The molecule has 0 saturated heterocycles. The summed E-state index contributed by atoms with van der Waals surface area (Å²) in [6, 6.07) is 10.3. The molecule has 1 heterocycles. The van der Waals surface area contributed by atoms with Gasteiger partial charge in [0.1, 0.15) is 17.4 Å². The molecule has 3 aromatic rings. The molecule has 3 rings (SSSR count). The van der Waals surface area contributed by atoms with E-state index in [1.807, 2.05) is 6.92 Å². The number of carbonyl (C=O) groups is 1. The molecule has 30 heavy (non-hydrogen) atoms. The summed E-state index contributed by atoms with van der Waals surface area (Å²) in [4.78, 5) is 34.4. The van der Waals surface area contributed by atoms with Gasteiger partial charge in [-0.05, 0) is 62.7 Å². The maximum absolute atomic E-state index is 13.2. The van der Waals surface area contributed by atoms with Crippen LogP contribution in [0, 0.1) is 5.82 Å². The number of hydrogen-bond donors (Lipinski definition) is 1. The van der Waals surface area contributed by atoms with Crippen LogP contribution in [0.3, 0.4) is 0 Å². The van der Waals surface area contributed by atoms with Crippen molar-refractivity contribution in [3.8, 4) is 5.75 Å². The predicted octanol–water partition coefficient (Wildman–Crippen LogP) is 4.31. The van der Waals surface area contributed by atoms with Crippen LogP contribution in [0.1, 0.15) is 33.0 Å². The van der Waals surface area contributed by atoms with Gasteiger partial charge >= 0.3 is 0 Å². The van der Waals surface area contributed by atoms with Crippen LogP contribution in [-0.4, -0.2) is 32.9 Å². The number of aromatic nitrogens is 2. The van der Waals surface area contributed by atoms with Gasteiger partial charge in [-0.3, -0.25) is 9.59 Å². The average Bonchev–Trinajstić information content (AvgIpc) is 2.68. The summed E-state index contributed by atoms with van der Waals surface area (Å²) in [5.41, 5.74) is -1.03. The van der Waals surface area contributed by atoms with Gasteiger partial charge in [0.25, 0.3) is 11.5 Å². The fourth-order valence-corrected chi connectivity index (χ4v) is 3.33. The number of H-pyrrole nitrogens is 1. The quantitative estimate of drug-likeness (QED) is 0.604. The lowest BCUT2D eigenvalue weighted by molar-refractivity contribution is -0.146. The molecule has 0 bridgehead atoms. The number of fused-ring (bicyclic) bond motifs is 1. The number of rotatable bonds is 7. The van der Waals surface area contributed by atoms with Crippen LogP contribution >= 0.6 is 11.6 Å². The van der Waals surface area contributed by atoms with E-state index in [1.54, 1.807) is 36.9 Å². The summed E-state index contributed by atoms with van der Waals surface area (Å²) in [6.07, 6.45) is 0.710. The Morgan fingerprint density at radius 2 is 1.93 bits per heavy atom. The fourth-order valence-electron chi connectivity index (χ4n) is 3.16. The third-order valence-corrected chi connectivity index (χ3v) is 4.78. The van der Waals surface area contributed by atoms with Crippen LogP contribution in [0.2, 0.25) is 5.02 Å². The zero-order chi connectivity index (χ0) is 21.9. The molecule has 0 radical (unpaired) electrons. The molecule has 1 aromatic heterocycles. The molecule has 0 fully saturated rings. The van der Waals surface area contributed by atoms with E-state index < -0.39 is 5.60 Å². The van der Waals surface area contributed by atoms with Gasteiger partial charge in [0.05, 0.1) is 17.4 Å². The second-order valence-electron chi connectivity index (χ2n) is 7.47. The molecule has 6 nitrogen and oxygen atoms in total. The van der Waals surface area contributed by atoms with Crippen molar-refractivity contribution in [1.82, 2.24) is 14.9 Å². The number of nitrogens with one attached hydrogen (secondary N) is 1. The Hall–Kier alpha value is -2.93. The highest BCUT2D eigenvalue weighted by molar-refractivity contribution is 6.31. The molecule has 0 unspecified atom stereocenters. The largest absolute Gasteiger partial charge is 0.478 e. The number of carbonyl (C=O) groups excluding carboxylic acids is 1. The van der Waals surface area contributed by atoms with E-state index in [2.05, 4.69) is 9.97 Å². The lowest BCUT2D eigenvalue weighted by Crippen LogP contribution is -2.49. The Morgan fingerprint density at radius 1 is 1.23 bits per heavy atom. The monoisotopic (exact) mass is 431 g/mol. The van der Waals surface area contributed by atoms with E-state index in [1.165, 1.54) is 24.3 Å². The normalized spacial score (nSPS) is 11.5. The third-order valence-electron chi connectivity index (χ3n) is 4.54. The van der Waals surface area contributed by atoms with E-state index in [4.69, 9.17) is 16.3 Å². The summed E-state index contributed by atoms with van der Waals surface area (Å²) in [5, 5.41) is 0.901. The molecule has 1 N–H and O–H groups in total. The summed E-state index contributed by atoms with van der Waals surface area (Å²) < 4.78 is 19.0. The Labute approximate surface area is 178 Å². The fraction of sp³-hybridized carbons (Fsp3) is 0.318. The van der Waals surface area contributed by atoms with Crippen molar-refractivity contribution in [3.05, 3.63) is 69.5 Å². The number of amides is 1. The highest BCUT2D eigenvalue weighted by Gasteiger charge is 2.34. The first kappa shape index (κ1) is 21.8. The predicted molar refractivity (Wildman–Crippen MR) is 114 cm³/mol. The first-order chi connectivity index (χ1) is 14.2. The lowest BCUT2D eigenvalue weighted by atomic mass is 10.1. The molecule has 1 amide bonds. The highest BCUT2D eigenvalue weighted by atomic mass is 35.5. The molecule has 158 valence electrons. The van der Waals surface area contributed by atoms with Crippen molar-refractivity contribution in [2.45, 2.75) is 39.3 Å². The molecule has 0 atom stereocenters. The lowest BCUT2D eigenvalue weighted by Gasteiger charge is -2.32. The zero-order valence-electron chi connectivity index (χ0n) is 17.0. The standard InChI is InChI=1S/C22H23ClFN3O3/c1-4-11-27(21(29)22(2,3)30-16-8-6-15(24)7-9-16)13-19-25-18-12-14(23)5-10-17(18)20(28)26-19/h5-10,12H,4,11,13H2,1-3H3,(H,25,26,28). The van der Waals surface area contributed by atoms with E-state index in [0.717, 1.165) is 0 Å². The van der Waals surface area contributed by atoms with Crippen molar-refractivity contribution in [2.75, 3.05) is 6.54 Å². The molecule has 2 aromatic carbocycles.